The molecule has 2 amide bonds. The third-order valence-corrected chi connectivity index (χ3v) is 3.66. The van der Waals surface area contributed by atoms with Gasteiger partial charge in [-0.2, -0.15) is 0 Å². The molecule has 0 aliphatic heterocycles. The van der Waals surface area contributed by atoms with Crippen molar-refractivity contribution in [1.82, 2.24) is 5.32 Å². The first-order valence-electron chi connectivity index (χ1n) is 3.06. The number of rotatable bonds is 4. The number of ether oxygens (including phenoxy) is 1. The predicted molar refractivity (Wildman–Crippen MR) is 33.2 cm³/mol. The molecule has 0 saturated carbocycles. The molecule has 0 fully saturated rings. The van der Waals surface area contributed by atoms with Gasteiger partial charge in [-0.3, -0.25) is 0 Å². The number of nitrogens with two attached hydrogens (primary N) is 1. The Labute approximate surface area is 76.5 Å². The number of primary amides is 1. The second-order valence-electron chi connectivity index (χ2n) is 1.89. The number of carbonyl (C=O) groups is 1. The maximum absolute atomic E-state index is 10.2. The fourth-order valence-corrected chi connectivity index (χ4v) is 2.23. The summed E-state index contributed by atoms with van der Waals surface area (Å²) in [6, 6.07) is -0.483. The summed E-state index contributed by atoms with van der Waals surface area (Å²) in [5.41, 5.74) is 4.86. The number of hydrogen-bond acceptors (Lipinski definition) is 2. The first-order valence-corrected chi connectivity index (χ1v) is 6.94. The standard InChI is InChI=1S/C5H11N2O2.Hg/c1-4(9-2)3-7-5(6)8;/h4H,1,3H2,2H3,(H3,6,7,8);/q;+1/i;1-4. The molecule has 0 radical (unpaired) electrons. The van der Waals surface area contributed by atoms with E-state index in [1.165, 1.54) is 0 Å². The Morgan fingerprint density at radius 1 is 1.90 bits per heavy atom. The third kappa shape index (κ3) is 4.99. The van der Waals surface area contributed by atoms with Gasteiger partial charge in [0.25, 0.3) is 0 Å². The van der Waals surface area contributed by atoms with E-state index in [9.17, 15) is 4.79 Å². The molecule has 0 bridgehead atoms. The number of amides is 2. The summed E-state index contributed by atoms with van der Waals surface area (Å²) in [6.45, 7) is 0.537. The fourth-order valence-electron chi connectivity index (χ4n) is 0.518. The Balaban J connectivity index is 3.34. The van der Waals surface area contributed by atoms with Crippen LogP contribution in [0.3, 0.4) is 0 Å². The molecule has 5 heteroatoms. The fraction of sp³-hybridized carbons (Fsp3) is 0.800. The van der Waals surface area contributed by atoms with Crippen LogP contribution < -0.4 is 11.1 Å². The zero-order chi connectivity index (χ0) is 7.98. The molecule has 1 unspecified atom stereocenters. The summed E-state index contributed by atoms with van der Waals surface area (Å²) in [6.07, 6.45) is 0.163. The van der Waals surface area contributed by atoms with Crippen LogP contribution in [-0.2, 0) is 30.9 Å². The molecule has 0 rings (SSSR count). The molecule has 4 nitrogen and oxygen atoms in total. The van der Waals surface area contributed by atoms with Crippen LogP contribution in [0.2, 0.25) is 3.93 Å². The molecular formula is C5H11HgN2O2+. The van der Waals surface area contributed by atoms with Gasteiger partial charge in [0, 0.05) is 0 Å². The summed E-state index contributed by atoms with van der Waals surface area (Å²) in [5, 5.41) is 2.49. The van der Waals surface area contributed by atoms with Crippen molar-refractivity contribution in [3.05, 3.63) is 0 Å². The van der Waals surface area contributed by atoms with Crippen LogP contribution in [0.4, 0.5) is 4.79 Å². The molecule has 0 spiro atoms. The van der Waals surface area contributed by atoms with Gasteiger partial charge >= 0.3 is 76.4 Å². The second-order valence-corrected chi connectivity index (χ2v) is 4.14. The van der Waals surface area contributed by atoms with Crippen molar-refractivity contribution in [2.45, 2.75) is 10.0 Å². The average Bonchev–Trinajstić information content (AvgIpc) is 1.90. The van der Waals surface area contributed by atoms with Crippen molar-refractivity contribution >= 4 is 6.03 Å². The van der Waals surface area contributed by atoms with E-state index in [1.807, 2.05) is 0 Å². The topological polar surface area (TPSA) is 64.3 Å². The van der Waals surface area contributed by atoms with Crippen LogP contribution in [0.5, 0.6) is 0 Å². The molecule has 0 aromatic rings. The Hall–Kier alpha value is 0.165. The van der Waals surface area contributed by atoms with E-state index in [0.717, 1.165) is 3.93 Å². The van der Waals surface area contributed by atoms with Crippen LogP contribution in [0.25, 0.3) is 0 Å². The summed E-state index contributed by atoms with van der Waals surface area (Å²) in [4.78, 5) is 10.2. The van der Waals surface area contributed by atoms with Crippen molar-refractivity contribution in [2.24, 2.45) is 5.73 Å². The molecule has 1 atom stereocenters. The van der Waals surface area contributed by atoms with Crippen LogP contribution in [0, 0.1) is 0 Å². The second kappa shape index (κ2) is 5.91. The Morgan fingerprint density at radius 2 is 2.50 bits per heavy atom. The Morgan fingerprint density at radius 3 is 2.80 bits per heavy atom. The van der Waals surface area contributed by atoms with E-state index < -0.39 is 6.03 Å². The van der Waals surface area contributed by atoms with Crippen LogP contribution >= 0.6 is 0 Å². The maximum atomic E-state index is 10.2. The van der Waals surface area contributed by atoms with E-state index in [1.54, 1.807) is 7.11 Å². The summed E-state index contributed by atoms with van der Waals surface area (Å²) in [7, 11) is 1.64. The molecule has 0 aliphatic carbocycles. The van der Waals surface area contributed by atoms with Gasteiger partial charge in [-0.25, -0.2) is 0 Å². The molecule has 54 valence electrons. The molecule has 0 heterocycles. The monoisotopic (exact) mass is 328 g/mol. The SMILES string of the molecule is COC([CH2][197Hg+])CNC(N)=O. The predicted octanol–water partition coefficient (Wildman–Crippen LogP) is -0.365. The molecular weight excluding hydrogens is 317 g/mol. The normalized spacial score (nSPS) is 12.7. The van der Waals surface area contributed by atoms with E-state index >= 15 is 0 Å². The molecule has 0 aromatic carbocycles. The van der Waals surface area contributed by atoms with E-state index in [0.29, 0.717) is 32.7 Å². The van der Waals surface area contributed by atoms with E-state index in [-0.39, 0.29) is 6.10 Å². The number of hydrogen-bond donors (Lipinski definition) is 2. The van der Waals surface area contributed by atoms with E-state index in [2.05, 4.69) is 5.32 Å². The van der Waals surface area contributed by atoms with Crippen molar-refractivity contribution in [2.75, 3.05) is 13.7 Å². The minimum atomic E-state index is -0.483. The number of nitrogens with one attached hydrogen (secondary N) is 1. The van der Waals surface area contributed by atoms with Gasteiger partial charge in [-0.1, -0.05) is 0 Å². The first-order chi connectivity index (χ1) is 4.70. The third-order valence-electron chi connectivity index (χ3n) is 1.16. The first kappa shape index (κ1) is 10.2. The summed E-state index contributed by atoms with van der Waals surface area (Å²) in [5.74, 6) is 0. The van der Waals surface area contributed by atoms with Crippen molar-refractivity contribution in [3.63, 3.8) is 0 Å². The Bertz CT molecular complexity index is 106. The van der Waals surface area contributed by atoms with Crippen LogP contribution in [-0.4, -0.2) is 25.8 Å². The van der Waals surface area contributed by atoms with Gasteiger partial charge in [0.05, 0.1) is 0 Å². The van der Waals surface area contributed by atoms with Gasteiger partial charge in [0.1, 0.15) is 0 Å². The number of urea groups is 1. The summed E-state index contributed by atoms with van der Waals surface area (Å²) < 4.78 is 6.09. The van der Waals surface area contributed by atoms with Crippen LogP contribution in [0.1, 0.15) is 0 Å². The zero-order valence-corrected chi connectivity index (χ0v) is 11.6. The van der Waals surface area contributed by atoms with E-state index in [4.69, 9.17) is 10.5 Å². The van der Waals surface area contributed by atoms with Crippen molar-refractivity contribution in [3.8, 4) is 0 Å². The quantitative estimate of drug-likeness (QED) is 0.692. The molecule has 0 aliphatic rings. The average molecular weight is 328 g/mol. The molecule has 3 N–H and O–H groups in total. The zero-order valence-electron chi connectivity index (χ0n) is 6.09. The van der Waals surface area contributed by atoms with Gasteiger partial charge in [-0.05, 0) is 0 Å². The van der Waals surface area contributed by atoms with Crippen LogP contribution in [0.15, 0.2) is 0 Å². The molecule has 0 saturated heterocycles. The van der Waals surface area contributed by atoms with Gasteiger partial charge in [-0.15, -0.1) is 0 Å². The van der Waals surface area contributed by atoms with Gasteiger partial charge in [0.2, 0.25) is 0 Å². The Kier molecular flexibility index (Phi) is 6.01. The van der Waals surface area contributed by atoms with Crippen molar-refractivity contribution < 1.29 is 35.7 Å². The van der Waals surface area contributed by atoms with Crippen molar-refractivity contribution in [1.29, 1.82) is 0 Å². The van der Waals surface area contributed by atoms with Gasteiger partial charge in [0.15, 0.2) is 0 Å². The minimum absolute atomic E-state index is 0.163. The van der Waals surface area contributed by atoms with Gasteiger partial charge < -0.3 is 0 Å². The number of carbonyl (C=O) groups excluding carboxylic acids is 1. The molecule has 0 aromatic heterocycles. The summed E-state index contributed by atoms with van der Waals surface area (Å²) >= 11 is 0.712. The number of methoxy groups -OCH3 is 1. The molecule has 10 heavy (non-hydrogen) atoms.